The number of amides is 2. The van der Waals surface area contributed by atoms with E-state index in [4.69, 9.17) is 0 Å². The van der Waals surface area contributed by atoms with Crippen molar-refractivity contribution in [2.75, 3.05) is 19.6 Å². The van der Waals surface area contributed by atoms with Gasteiger partial charge in [0, 0.05) is 44.6 Å². The number of hydrogen-bond donors (Lipinski definition) is 1. The second-order valence-electron chi connectivity index (χ2n) is 10.4. The molecule has 1 unspecified atom stereocenters. The third-order valence-corrected chi connectivity index (χ3v) is 6.04. The smallest absolute Gasteiger partial charge is 0.352 e. The number of carbonyl (C=O) groups is 3. The van der Waals surface area contributed by atoms with Gasteiger partial charge in [0.05, 0.1) is 11.3 Å². The first kappa shape index (κ1) is 27.4. The number of aromatic nitrogens is 2. The number of likely N-dealkylation sites (tertiary alicyclic amines) is 1. The van der Waals surface area contributed by atoms with Gasteiger partial charge in [-0.3, -0.25) is 14.4 Å². The Kier molecular flexibility index (Phi) is 8.58. The Labute approximate surface area is 209 Å². The summed E-state index contributed by atoms with van der Waals surface area (Å²) in [5.74, 6) is -1.10. The molecule has 2 heterocycles. The molecule has 3 rings (SSSR count). The predicted octanol–water partition coefficient (Wildman–Crippen LogP) is 4.65. The number of benzene rings is 1. The second-order valence-corrected chi connectivity index (χ2v) is 10.4. The second kappa shape index (κ2) is 11.3. The number of piperidine rings is 1. The molecule has 2 aromatic rings. The van der Waals surface area contributed by atoms with Crippen LogP contribution in [0.15, 0.2) is 36.5 Å². The fraction of sp³-hybridized carbons (Fsp3) is 0.538. The molecule has 1 aliphatic heterocycles. The highest BCUT2D eigenvalue weighted by Crippen LogP contribution is 2.31. The number of nitrogens with zero attached hydrogens (tertiary/aromatic N) is 3. The third-order valence-electron chi connectivity index (χ3n) is 6.04. The van der Waals surface area contributed by atoms with E-state index in [0.29, 0.717) is 38.0 Å². The maximum absolute atomic E-state index is 13.5. The van der Waals surface area contributed by atoms with Gasteiger partial charge in [-0.25, -0.2) is 4.68 Å². The number of rotatable bonds is 8. The number of halogens is 3. The van der Waals surface area contributed by atoms with Crippen molar-refractivity contribution < 1.29 is 27.6 Å². The maximum Gasteiger partial charge on any atom is 0.435 e. The topological polar surface area (TPSA) is 84.3 Å². The number of para-hydroxylation sites is 1. The summed E-state index contributed by atoms with van der Waals surface area (Å²) in [5, 5.41) is 6.06. The zero-order valence-electron chi connectivity index (χ0n) is 20.9. The van der Waals surface area contributed by atoms with Gasteiger partial charge in [0.2, 0.25) is 5.91 Å². The molecule has 0 spiro atoms. The molecule has 1 aromatic carbocycles. The van der Waals surface area contributed by atoms with Gasteiger partial charge in [-0.2, -0.15) is 18.3 Å². The van der Waals surface area contributed by atoms with Gasteiger partial charge >= 0.3 is 6.18 Å². The Morgan fingerprint density at radius 3 is 2.44 bits per heavy atom. The minimum atomic E-state index is -4.79. The summed E-state index contributed by atoms with van der Waals surface area (Å²) in [6.07, 6.45) is -1.37. The summed E-state index contributed by atoms with van der Waals surface area (Å²) in [5.41, 5.74) is -1.56. The molecule has 196 valence electrons. The number of Topliss-reactive ketones (excluding diaryl/α,β-unsaturated/α-hetero) is 1. The summed E-state index contributed by atoms with van der Waals surface area (Å²) in [6, 6.07) is 8.22. The van der Waals surface area contributed by atoms with Crippen molar-refractivity contribution in [3.8, 4) is 5.69 Å². The van der Waals surface area contributed by atoms with E-state index in [1.807, 2.05) is 20.8 Å². The Hall–Kier alpha value is -3.17. The molecule has 1 aromatic heterocycles. The van der Waals surface area contributed by atoms with Crippen LogP contribution in [0.1, 0.15) is 68.9 Å². The Bertz CT molecular complexity index is 1070. The van der Waals surface area contributed by atoms with Crippen molar-refractivity contribution in [1.82, 2.24) is 20.0 Å². The lowest BCUT2D eigenvalue weighted by atomic mass is 9.88. The molecule has 0 aliphatic carbocycles. The number of carbonyl (C=O) groups excluding carboxylic acids is 3. The summed E-state index contributed by atoms with van der Waals surface area (Å²) in [6.45, 7) is 7.08. The van der Waals surface area contributed by atoms with Gasteiger partial charge in [-0.15, -0.1) is 0 Å². The van der Waals surface area contributed by atoms with Crippen LogP contribution in [0.5, 0.6) is 0 Å². The zero-order chi connectivity index (χ0) is 26.5. The first-order chi connectivity index (χ1) is 16.8. The molecule has 0 radical (unpaired) electrons. The predicted molar refractivity (Wildman–Crippen MR) is 129 cm³/mol. The number of ketones is 1. The van der Waals surface area contributed by atoms with Gasteiger partial charge in [-0.05, 0) is 36.8 Å². The lowest BCUT2D eigenvalue weighted by Crippen LogP contribution is -2.43. The summed E-state index contributed by atoms with van der Waals surface area (Å²) in [4.78, 5) is 39.5. The largest absolute Gasteiger partial charge is 0.435 e. The molecule has 0 saturated carbocycles. The Morgan fingerprint density at radius 2 is 1.81 bits per heavy atom. The lowest BCUT2D eigenvalue weighted by molar-refractivity contribution is -0.141. The van der Waals surface area contributed by atoms with Crippen molar-refractivity contribution in [3.05, 3.63) is 47.8 Å². The normalized spacial score (nSPS) is 16.6. The molecule has 1 fully saturated rings. The van der Waals surface area contributed by atoms with Crippen molar-refractivity contribution >= 4 is 17.6 Å². The third kappa shape index (κ3) is 7.41. The van der Waals surface area contributed by atoms with E-state index in [-0.39, 0.29) is 36.0 Å². The minimum absolute atomic E-state index is 0.00499. The van der Waals surface area contributed by atoms with E-state index in [2.05, 4.69) is 10.4 Å². The highest BCUT2D eigenvalue weighted by atomic mass is 19.4. The van der Waals surface area contributed by atoms with E-state index in [0.717, 1.165) is 17.3 Å². The lowest BCUT2D eigenvalue weighted by Gasteiger charge is -2.33. The van der Waals surface area contributed by atoms with E-state index in [1.165, 1.54) is 0 Å². The highest BCUT2D eigenvalue weighted by molar-refractivity contribution is 5.95. The Balaban J connectivity index is 1.53. The monoisotopic (exact) mass is 506 g/mol. The molecule has 7 nitrogen and oxygen atoms in total. The van der Waals surface area contributed by atoms with Crippen LogP contribution in [0.25, 0.3) is 5.69 Å². The average Bonchev–Trinajstić information content (AvgIpc) is 3.28. The van der Waals surface area contributed by atoms with Crippen molar-refractivity contribution in [3.63, 3.8) is 0 Å². The Morgan fingerprint density at radius 1 is 1.11 bits per heavy atom. The fourth-order valence-corrected chi connectivity index (χ4v) is 4.26. The van der Waals surface area contributed by atoms with Gasteiger partial charge in [0.25, 0.3) is 5.91 Å². The molecular formula is C26H33F3N4O3. The van der Waals surface area contributed by atoms with Gasteiger partial charge < -0.3 is 10.2 Å². The molecule has 36 heavy (non-hydrogen) atoms. The van der Waals surface area contributed by atoms with Crippen LogP contribution >= 0.6 is 0 Å². The highest BCUT2D eigenvalue weighted by Gasteiger charge is 2.39. The minimum Gasteiger partial charge on any atom is -0.352 e. The van der Waals surface area contributed by atoms with Gasteiger partial charge in [0.15, 0.2) is 5.69 Å². The molecule has 1 N–H and O–H groups in total. The molecule has 1 saturated heterocycles. The summed E-state index contributed by atoms with van der Waals surface area (Å²) in [7, 11) is 0. The van der Waals surface area contributed by atoms with Gasteiger partial charge in [-0.1, -0.05) is 39.0 Å². The maximum atomic E-state index is 13.5. The van der Waals surface area contributed by atoms with Crippen molar-refractivity contribution in [2.45, 2.75) is 59.1 Å². The van der Waals surface area contributed by atoms with Gasteiger partial charge in [0.1, 0.15) is 5.78 Å². The van der Waals surface area contributed by atoms with Crippen LogP contribution in [0.2, 0.25) is 0 Å². The fourth-order valence-electron chi connectivity index (χ4n) is 4.26. The zero-order valence-corrected chi connectivity index (χ0v) is 20.9. The van der Waals surface area contributed by atoms with Crippen LogP contribution < -0.4 is 5.32 Å². The average molecular weight is 507 g/mol. The molecule has 2 amide bonds. The van der Waals surface area contributed by atoms with Crippen LogP contribution in [0, 0.1) is 11.3 Å². The number of alkyl halides is 3. The van der Waals surface area contributed by atoms with Crippen molar-refractivity contribution in [1.29, 1.82) is 0 Å². The first-order valence-corrected chi connectivity index (χ1v) is 12.2. The van der Waals surface area contributed by atoms with E-state index < -0.39 is 23.3 Å². The molecule has 1 aliphatic rings. The van der Waals surface area contributed by atoms with E-state index in [1.54, 1.807) is 35.2 Å². The molecule has 0 bridgehead atoms. The molecular weight excluding hydrogens is 473 g/mol. The van der Waals surface area contributed by atoms with Crippen LogP contribution in [0.4, 0.5) is 13.2 Å². The number of hydrogen-bond acceptors (Lipinski definition) is 4. The van der Waals surface area contributed by atoms with Crippen molar-refractivity contribution in [2.24, 2.45) is 11.3 Å². The van der Waals surface area contributed by atoms with Crippen LogP contribution in [-0.4, -0.2) is 51.9 Å². The standard InChI is InChI=1S/C26H33F3N4O3/c1-25(2,3)15-22(35)32-14-8-9-18(16-32)21(34)12-7-13-30-24(36)20-17-33(19-10-5-4-6-11-19)31-23(20)26(27,28)29/h4-6,10-11,17-18H,7-9,12-16H2,1-3H3,(H,30,36). The van der Waals surface area contributed by atoms with E-state index >= 15 is 0 Å². The number of nitrogens with one attached hydrogen (secondary N) is 1. The first-order valence-electron chi connectivity index (χ1n) is 12.2. The van der Waals surface area contributed by atoms with Crippen LogP contribution in [0.3, 0.4) is 0 Å². The summed E-state index contributed by atoms with van der Waals surface area (Å²) >= 11 is 0. The van der Waals surface area contributed by atoms with E-state index in [9.17, 15) is 27.6 Å². The van der Waals surface area contributed by atoms with Crippen LogP contribution in [-0.2, 0) is 15.8 Å². The molecule has 1 atom stereocenters. The SMILES string of the molecule is CC(C)(C)CC(=O)N1CCCC(C(=O)CCCNC(=O)c2cn(-c3ccccc3)nc2C(F)(F)F)C1. The molecule has 10 heteroatoms. The summed E-state index contributed by atoms with van der Waals surface area (Å²) < 4.78 is 41.5. The quantitative estimate of drug-likeness (QED) is 0.529.